The first-order valence-electron chi connectivity index (χ1n) is 8.45. The Kier molecular flexibility index (Phi) is 4.56. The Hall–Kier alpha value is -1.82. The molecule has 0 radical (unpaired) electrons. The van der Waals surface area contributed by atoms with Crippen LogP contribution in [0.4, 0.5) is 11.4 Å². The molecular weight excluding hydrogens is 320 g/mol. The van der Waals surface area contributed by atoms with E-state index >= 15 is 0 Å². The number of amides is 1. The molecule has 2 aromatic rings. The minimum Gasteiger partial charge on any atom is -0.372 e. The summed E-state index contributed by atoms with van der Waals surface area (Å²) in [5, 5.41) is 2.07. The number of fused-ring (bicyclic) bond motifs is 2. The van der Waals surface area contributed by atoms with E-state index in [0.29, 0.717) is 12.6 Å². The molecule has 4 rings (SSSR count). The molecule has 0 aromatic heterocycles. The molecule has 124 valence electrons. The van der Waals surface area contributed by atoms with Crippen molar-refractivity contribution in [1.82, 2.24) is 0 Å². The second kappa shape index (κ2) is 6.97. The van der Waals surface area contributed by atoms with Crippen molar-refractivity contribution in [2.45, 2.75) is 28.7 Å². The zero-order chi connectivity index (χ0) is 16.4. The highest BCUT2D eigenvalue weighted by Crippen LogP contribution is 2.47. The van der Waals surface area contributed by atoms with Crippen molar-refractivity contribution in [3.8, 4) is 0 Å². The predicted octanol–water partition coefficient (Wildman–Crippen LogP) is 2.56. The molecule has 5 heteroatoms. The van der Waals surface area contributed by atoms with E-state index in [9.17, 15) is 4.79 Å². The van der Waals surface area contributed by atoms with Crippen molar-refractivity contribution in [3.05, 3.63) is 48.5 Å². The van der Waals surface area contributed by atoms with Gasteiger partial charge in [0.1, 0.15) is 12.6 Å². The number of hydrogen-bond donors (Lipinski definition) is 1. The Morgan fingerprint density at radius 2 is 1.79 bits per heavy atom. The molecule has 0 unspecified atom stereocenters. The number of para-hydroxylation sites is 2. The number of rotatable bonds is 4. The molecule has 0 spiro atoms. The van der Waals surface area contributed by atoms with Crippen LogP contribution in [0.25, 0.3) is 0 Å². The number of carbonyl (C=O) groups is 1. The fourth-order valence-electron chi connectivity index (χ4n) is 3.29. The summed E-state index contributed by atoms with van der Waals surface area (Å²) in [6.07, 6.45) is 2.54. The predicted molar refractivity (Wildman–Crippen MR) is 94.8 cm³/mol. The molecule has 4 nitrogen and oxygen atoms in total. The standard InChI is InChI=1S/C19H20N2O2S/c22-19(13-20-12-14-6-5-11-23-14)21-15-7-1-3-9-17(15)24-18-10-4-2-8-16(18)21/h1-4,7-10,14,20H,5-6,11-13H2/p+1/t14-/m0/s1. The van der Waals surface area contributed by atoms with Crippen LogP contribution in [0, 0.1) is 0 Å². The van der Waals surface area contributed by atoms with E-state index in [1.165, 1.54) is 0 Å². The Morgan fingerprint density at radius 1 is 1.12 bits per heavy atom. The topological polar surface area (TPSA) is 46.1 Å². The second-order valence-electron chi connectivity index (χ2n) is 6.13. The lowest BCUT2D eigenvalue weighted by Gasteiger charge is -2.30. The lowest BCUT2D eigenvalue weighted by atomic mass is 10.2. The Labute approximate surface area is 146 Å². The monoisotopic (exact) mass is 341 g/mol. The van der Waals surface area contributed by atoms with Crippen LogP contribution in [-0.2, 0) is 9.53 Å². The van der Waals surface area contributed by atoms with Gasteiger partial charge >= 0.3 is 0 Å². The third-order valence-electron chi connectivity index (χ3n) is 4.45. The van der Waals surface area contributed by atoms with Gasteiger partial charge < -0.3 is 10.1 Å². The number of benzene rings is 2. The summed E-state index contributed by atoms with van der Waals surface area (Å²) in [6.45, 7) is 2.15. The first-order valence-corrected chi connectivity index (χ1v) is 9.27. The second-order valence-corrected chi connectivity index (χ2v) is 7.21. The van der Waals surface area contributed by atoms with Gasteiger partial charge in [-0.2, -0.15) is 0 Å². The molecule has 24 heavy (non-hydrogen) atoms. The molecule has 2 N–H and O–H groups in total. The summed E-state index contributed by atoms with van der Waals surface area (Å²) < 4.78 is 5.63. The Bertz CT molecular complexity index is 698. The average molecular weight is 341 g/mol. The number of carbonyl (C=O) groups excluding carboxylic acids is 1. The minimum absolute atomic E-state index is 0.119. The number of nitrogens with zero attached hydrogens (tertiary/aromatic N) is 1. The van der Waals surface area contributed by atoms with Crippen molar-refractivity contribution in [2.75, 3.05) is 24.6 Å². The van der Waals surface area contributed by atoms with Gasteiger partial charge in [-0.15, -0.1) is 0 Å². The molecule has 1 fully saturated rings. The van der Waals surface area contributed by atoms with Gasteiger partial charge in [-0.25, -0.2) is 0 Å². The number of quaternary nitrogens is 1. The summed E-state index contributed by atoms with van der Waals surface area (Å²) in [5.74, 6) is 0.119. The molecule has 1 atom stereocenters. The van der Waals surface area contributed by atoms with Gasteiger partial charge in [-0.1, -0.05) is 36.0 Å². The SMILES string of the molecule is O=C(C[NH2+]C[C@@H]1CCCO1)N1c2ccccc2Sc2ccccc21. The first kappa shape index (κ1) is 15.7. The van der Waals surface area contributed by atoms with Crippen molar-refractivity contribution in [3.63, 3.8) is 0 Å². The van der Waals surface area contributed by atoms with E-state index in [4.69, 9.17) is 4.74 Å². The maximum atomic E-state index is 12.9. The van der Waals surface area contributed by atoms with Crippen LogP contribution in [-0.4, -0.2) is 31.7 Å². The van der Waals surface area contributed by atoms with Crippen molar-refractivity contribution < 1.29 is 14.8 Å². The minimum atomic E-state index is 0.119. The highest BCUT2D eigenvalue weighted by molar-refractivity contribution is 7.99. The molecule has 2 aromatic carbocycles. The van der Waals surface area contributed by atoms with Crippen molar-refractivity contribution in [1.29, 1.82) is 0 Å². The van der Waals surface area contributed by atoms with Gasteiger partial charge in [-0.05, 0) is 37.1 Å². The number of ether oxygens (including phenoxy) is 1. The van der Waals surface area contributed by atoms with Crippen LogP contribution in [0.1, 0.15) is 12.8 Å². The van der Waals surface area contributed by atoms with Gasteiger partial charge in [0.2, 0.25) is 0 Å². The molecule has 1 amide bonds. The van der Waals surface area contributed by atoms with Gasteiger partial charge in [0.25, 0.3) is 5.91 Å². The van der Waals surface area contributed by atoms with E-state index in [1.807, 2.05) is 41.3 Å². The largest absolute Gasteiger partial charge is 0.372 e. The molecule has 2 heterocycles. The van der Waals surface area contributed by atoms with Gasteiger partial charge in [0.15, 0.2) is 6.54 Å². The van der Waals surface area contributed by atoms with Crippen LogP contribution in [0.2, 0.25) is 0 Å². The maximum absolute atomic E-state index is 12.9. The highest BCUT2D eigenvalue weighted by Gasteiger charge is 2.28. The maximum Gasteiger partial charge on any atom is 0.286 e. The normalized spacial score (nSPS) is 19.0. The van der Waals surface area contributed by atoms with Crippen molar-refractivity contribution >= 4 is 29.0 Å². The zero-order valence-corrected chi connectivity index (χ0v) is 14.3. The summed E-state index contributed by atoms with van der Waals surface area (Å²) in [4.78, 5) is 17.1. The third kappa shape index (κ3) is 3.07. The van der Waals surface area contributed by atoms with E-state index in [0.717, 1.165) is 47.2 Å². The number of hydrogen-bond acceptors (Lipinski definition) is 3. The van der Waals surface area contributed by atoms with E-state index in [1.54, 1.807) is 11.8 Å². The molecular formula is C19H21N2O2S+. The fraction of sp³-hybridized carbons (Fsp3) is 0.316. The molecule has 0 bridgehead atoms. The van der Waals surface area contributed by atoms with E-state index < -0.39 is 0 Å². The third-order valence-corrected chi connectivity index (χ3v) is 5.58. The molecule has 1 saturated heterocycles. The summed E-state index contributed by atoms with van der Waals surface area (Å²) in [7, 11) is 0. The van der Waals surface area contributed by atoms with E-state index in [-0.39, 0.29) is 5.91 Å². The highest BCUT2D eigenvalue weighted by atomic mass is 32.2. The lowest BCUT2D eigenvalue weighted by molar-refractivity contribution is -0.649. The Balaban J connectivity index is 1.54. The van der Waals surface area contributed by atoms with Crippen molar-refractivity contribution in [2.24, 2.45) is 0 Å². The summed E-state index contributed by atoms with van der Waals surface area (Å²) in [6, 6.07) is 16.2. The first-order chi connectivity index (χ1) is 11.8. The molecule has 0 saturated carbocycles. The van der Waals surface area contributed by atoms with Crippen LogP contribution in [0.5, 0.6) is 0 Å². The molecule has 2 aliphatic heterocycles. The Morgan fingerprint density at radius 3 is 2.42 bits per heavy atom. The molecule has 0 aliphatic carbocycles. The van der Waals surface area contributed by atoms with Gasteiger partial charge in [-0.3, -0.25) is 9.69 Å². The van der Waals surface area contributed by atoms with Gasteiger partial charge in [0, 0.05) is 16.4 Å². The van der Waals surface area contributed by atoms with Crippen LogP contribution in [0.3, 0.4) is 0 Å². The fourth-order valence-corrected chi connectivity index (χ4v) is 4.35. The quantitative estimate of drug-likeness (QED) is 0.930. The zero-order valence-electron chi connectivity index (χ0n) is 13.5. The molecule has 2 aliphatic rings. The summed E-state index contributed by atoms with van der Waals surface area (Å²) in [5.41, 5.74) is 1.97. The van der Waals surface area contributed by atoms with Crippen LogP contribution < -0.4 is 10.2 Å². The average Bonchev–Trinajstić information content (AvgIpc) is 3.13. The van der Waals surface area contributed by atoms with Crippen LogP contribution >= 0.6 is 11.8 Å². The summed E-state index contributed by atoms with van der Waals surface area (Å²) >= 11 is 1.72. The smallest absolute Gasteiger partial charge is 0.286 e. The number of anilines is 2. The van der Waals surface area contributed by atoms with Crippen LogP contribution in [0.15, 0.2) is 58.3 Å². The number of nitrogens with two attached hydrogens (primary N) is 1. The van der Waals surface area contributed by atoms with E-state index in [2.05, 4.69) is 17.4 Å². The van der Waals surface area contributed by atoms with Gasteiger partial charge in [0.05, 0.1) is 11.4 Å². The lowest BCUT2D eigenvalue weighted by Crippen LogP contribution is -2.88.